The minimum atomic E-state index is -0.574. The van der Waals surface area contributed by atoms with Crippen molar-refractivity contribution in [3.05, 3.63) is 35.4 Å². The largest absolute Gasteiger partial charge is 0.456 e. The summed E-state index contributed by atoms with van der Waals surface area (Å²) in [5, 5.41) is 2.73. The second kappa shape index (κ2) is 12.1. The molecule has 1 aromatic rings. The van der Waals surface area contributed by atoms with Gasteiger partial charge in [-0.15, -0.1) is 0 Å². The van der Waals surface area contributed by atoms with Crippen molar-refractivity contribution >= 4 is 23.7 Å². The molecule has 1 aliphatic rings. The Kier molecular flexibility index (Phi) is 9.49. The molecule has 0 spiro atoms. The van der Waals surface area contributed by atoms with Crippen molar-refractivity contribution in [3.63, 3.8) is 0 Å². The fourth-order valence-electron chi connectivity index (χ4n) is 3.32. The maximum atomic E-state index is 12.2. The lowest BCUT2D eigenvalue weighted by Gasteiger charge is -2.34. The molecule has 31 heavy (non-hydrogen) atoms. The van der Waals surface area contributed by atoms with E-state index in [1.165, 1.54) is 12.5 Å². The molecule has 0 aromatic heterocycles. The summed E-state index contributed by atoms with van der Waals surface area (Å²) in [6, 6.07) is 8.29. The SMILES string of the molecule is CC(=O)N1CCN(C(=O)CCC(=O)OCC(=O)NCCc2ccc(C(C)C)cc2)CC1. The van der Waals surface area contributed by atoms with Crippen LogP contribution in [0.15, 0.2) is 24.3 Å². The van der Waals surface area contributed by atoms with Crippen molar-refractivity contribution in [2.45, 2.75) is 46.0 Å². The summed E-state index contributed by atoms with van der Waals surface area (Å²) >= 11 is 0. The van der Waals surface area contributed by atoms with Crippen molar-refractivity contribution < 1.29 is 23.9 Å². The Morgan fingerprint density at radius 1 is 0.968 bits per heavy atom. The lowest BCUT2D eigenvalue weighted by Crippen LogP contribution is -2.50. The highest BCUT2D eigenvalue weighted by Crippen LogP contribution is 2.14. The van der Waals surface area contributed by atoms with Crippen LogP contribution in [0.4, 0.5) is 0 Å². The van der Waals surface area contributed by atoms with Crippen LogP contribution in [-0.4, -0.2) is 72.8 Å². The number of benzene rings is 1. The van der Waals surface area contributed by atoms with Crippen LogP contribution in [0.1, 0.15) is 50.7 Å². The molecule has 8 heteroatoms. The molecule has 2 rings (SSSR count). The zero-order valence-corrected chi connectivity index (χ0v) is 18.7. The topological polar surface area (TPSA) is 96.0 Å². The highest BCUT2D eigenvalue weighted by atomic mass is 16.5. The monoisotopic (exact) mass is 431 g/mol. The van der Waals surface area contributed by atoms with Crippen LogP contribution >= 0.6 is 0 Å². The van der Waals surface area contributed by atoms with Gasteiger partial charge in [-0.25, -0.2) is 0 Å². The van der Waals surface area contributed by atoms with Crippen molar-refractivity contribution in [2.75, 3.05) is 39.3 Å². The van der Waals surface area contributed by atoms with Gasteiger partial charge in [0.1, 0.15) is 0 Å². The molecule has 0 aliphatic carbocycles. The lowest BCUT2D eigenvalue weighted by molar-refractivity contribution is -0.150. The van der Waals surface area contributed by atoms with Gasteiger partial charge in [-0.3, -0.25) is 19.2 Å². The van der Waals surface area contributed by atoms with Crippen LogP contribution in [0.3, 0.4) is 0 Å². The first-order chi connectivity index (χ1) is 14.8. The van der Waals surface area contributed by atoms with Crippen LogP contribution in [0.5, 0.6) is 0 Å². The van der Waals surface area contributed by atoms with Crippen LogP contribution in [-0.2, 0) is 30.3 Å². The fraction of sp³-hybridized carbons (Fsp3) is 0.565. The second-order valence-corrected chi connectivity index (χ2v) is 8.04. The summed E-state index contributed by atoms with van der Waals surface area (Å²) in [6.07, 6.45) is 0.664. The van der Waals surface area contributed by atoms with Gasteiger partial charge in [-0.1, -0.05) is 38.1 Å². The molecule has 3 amide bonds. The maximum absolute atomic E-state index is 12.2. The van der Waals surface area contributed by atoms with Gasteiger partial charge in [0.25, 0.3) is 5.91 Å². The lowest BCUT2D eigenvalue weighted by atomic mass is 10.0. The third-order valence-corrected chi connectivity index (χ3v) is 5.37. The Balaban J connectivity index is 1.57. The first-order valence-electron chi connectivity index (χ1n) is 10.8. The molecule has 1 saturated heterocycles. The molecule has 0 unspecified atom stereocenters. The van der Waals surface area contributed by atoms with Crippen LogP contribution in [0.25, 0.3) is 0 Å². The summed E-state index contributed by atoms with van der Waals surface area (Å²) in [5.41, 5.74) is 2.40. The van der Waals surface area contributed by atoms with Crippen molar-refractivity contribution in [3.8, 4) is 0 Å². The molecule has 0 bridgehead atoms. The molecule has 1 aromatic carbocycles. The van der Waals surface area contributed by atoms with E-state index in [4.69, 9.17) is 4.74 Å². The number of nitrogens with one attached hydrogen (secondary N) is 1. The summed E-state index contributed by atoms with van der Waals surface area (Å²) < 4.78 is 4.96. The Bertz CT molecular complexity index is 768. The Labute approximate surface area is 183 Å². The molecule has 0 saturated carbocycles. The quantitative estimate of drug-likeness (QED) is 0.598. The van der Waals surface area contributed by atoms with Crippen molar-refractivity contribution in [1.29, 1.82) is 0 Å². The maximum Gasteiger partial charge on any atom is 0.306 e. The third kappa shape index (κ3) is 8.39. The van der Waals surface area contributed by atoms with Crippen LogP contribution < -0.4 is 5.32 Å². The van der Waals surface area contributed by atoms with Crippen molar-refractivity contribution in [1.82, 2.24) is 15.1 Å². The number of rotatable bonds is 9. The first kappa shape index (κ1) is 24.4. The van der Waals surface area contributed by atoms with E-state index in [9.17, 15) is 19.2 Å². The number of carbonyl (C=O) groups is 4. The van der Waals surface area contributed by atoms with Gasteiger partial charge in [0, 0.05) is 46.1 Å². The highest BCUT2D eigenvalue weighted by molar-refractivity contribution is 5.84. The first-order valence-corrected chi connectivity index (χ1v) is 10.8. The van der Waals surface area contributed by atoms with Gasteiger partial charge in [-0.05, 0) is 23.5 Å². The zero-order valence-electron chi connectivity index (χ0n) is 18.7. The third-order valence-electron chi connectivity index (χ3n) is 5.37. The average Bonchev–Trinajstić information content (AvgIpc) is 2.76. The van der Waals surface area contributed by atoms with Gasteiger partial charge in [0.15, 0.2) is 6.61 Å². The molecule has 8 nitrogen and oxygen atoms in total. The number of amides is 3. The minimum Gasteiger partial charge on any atom is -0.456 e. The number of hydrogen-bond acceptors (Lipinski definition) is 5. The standard InChI is InChI=1S/C23H33N3O5/c1-17(2)20-6-4-19(5-7-20)10-11-24-21(28)16-31-23(30)9-8-22(29)26-14-12-25(13-15-26)18(3)27/h4-7,17H,8-16H2,1-3H3,(H,24,28). The van der Waals surface area contributed by atoms with Crippen LogP contribution in [0, 0.1) is 0 Å². The van der Waals surface area contributed by atoms with E-state index in [1.807, 2.05) is 0 Å². The number of carbonyl (C=O) groups excluding carboxylic acids is 4. The van der Waals surface area contributed by atoms with E-state index in [-0.39, 0.29) is 37.2 Å². The molecular formula is C23H33N3O5. The number of nitrogens with zero attached hydrogens (tertiary/aromatic N) is 2. The second-order valence-electron chi connectivity index (χ2n) is 8.04. The number of ether oxygens (including phenoxy) is 1. The van der Waals surface area contributed by atoms with E-state index < -0.39 is 5.97 Å². The summed E-state index contributed by atoms with van der Waals surface area (Å²) in [5.74, 6) is -0.601. The van der Waals surface area contributed by atoms with E-state index >= 15 is 0 Å². The van der Waals surface area contributed by atoms with Crippen molar-refractivity contribution in [2.24, 2.45) is 0 Å². The summed E-state index contributed by atoms with van der Waals surface area (Å²) in [4.78, 5) is 50.5. The van der Waals surface area contributed by atoms with E-state index in [0.29, 0.717) is 45.1 Å². The number of hydrogen-bond donors (Lipinski definition) is 1. The summed E-state index contributed by atoms with van der Waals surface area (Å²) in [7, 11) is 0. The van der Waals surface area contributed by atoms with Gasteiger partial charge >= 0.3 is 5.97 Å². The average molecular weight is 432 g/mol. The van der Waals surface area contributed by atoms with Gasteiger partial charge in [-0.2, -0.15) is 0 Å². The minimum absolute atomic E-state index is 0.00186. The molecule has 170 valence electrons. The van der Waals surface area contributed by atoms with Crippen LogP contribution in [0.2, 0.25) is 0 Å². The molecule has 0 atom stereocenters. The Hall–Kier alpha value is -2.90. The predicted molar refractivity (Wildman–Crippen MR) is 116 cm³/mol. The van der Waals surface area contributed by atoms with Gasteiger partial charge < -0.3 is 19.9 Å². The van der Waals surface area contributed by atoms with Gasteiger partial charge in [0.05, 0.1) is 6.42 Å². The molecule has 1 aliphatic heterocycles. The molecule has 1 N–H and O–H groups in total. The smallest absolute Gasteiger partial charge is 0.306 e. The van der Waals surface area contributed by atoms with E-state index in [2.05, 4.69) is 43.4 Å². The normalized spacial score (nSPS) is 13.8. The van der Waals surface area contributed by atoms with E-state index in [0.717, 1.165) is 5.56 Å². The number of esters is 1. The summed E-state index contributed by atoms with van der Waals surface area (Å²) in [6.45, 7) is 7.85. The molecule has 0 radical (unpaired) electrons. The fourth-order valence-corrected chi connectivity index (χ4v) is 3.32. The molecule has 1 fully saturated rings. The predicted octanol–water partition coefficient (Wildman–Crippen LogP) is 1.48. The Morgan fingerprint density at radius 3 is 2.16 bits per heavy atom. The molecule has 1 heterocycles. The number of piperazine rings is 1. The highest BCUT2D eigenvalue weighted by Gasteiger charge is 2.22. The zero-order chi connectivity index (χ0) is 22.8. The molecular weight excluding hydrogens is 398 g/mol. The van der Waals surface area contributed by atoms with E-state index in [1.54, 1.807) is 9.80 Å². The Morgan fingerprint density at radius 2 is 1.58 bits per heavy atom. The van der Waals surface area contributed by atoms with Gasteiger partial charge in [0.2, 0.25) is 11.8 Å².